The molecule has 1 unspecified atom stereocenters. The van der Waals surface area contributed by atoms with Crippen LogP contribution in [0.3, 0.4) is 0 Å². The van der Waals surface area contributed by atoms with E-state index in [1.54, 1.807) is 29.2 Å². The smallest absolute Gasteiger partial charge is 0.337 e. The summed E-state index contributed by atoms with van der Waals surface area (Å²) in [4.78, 5) is 37.2. The summed E-state index contributed by atoms with van der Waals surface area (Å²) < 4.78 is 4.65. The molecule has 1 atom stereocenters. The predicted molar refractivity (Wildman–Crippen MR) is 86.2 cm³/mol. The van der Waals surface area contributed by atoms with Crippen LogP contribution in [0, 0.1) is 5.92 Å². The molecular weight excluding hydrogens is 296 g/mol. The molecule has 1 aliphatic heterocycles. The summed E-state index contributed by atoms with van der Waals surface area (Å²) in [6.07, 6.45) is 2.17. The van der Waals surface area contributed by atoms with Crippen LogP contribution in [0.1, 0.15) is 36.5 Å². The Hall–Kier alpha value is -2.37. The first-order chi connectivity index (χ1) is 11.1. The van der Waals surface area contributed by atoms with Crippen LogP contribution >= 0.6 is 0 Å². The molecule has 1 heterocycles. The molecule has 1 aromatic carbocycles. The Morgan fingerprint density at radius 3 is 2.61 bits per heavy atom. The van der Waals surface area contributed by atoms with Crippen molar-refractivity contribution in [1.82, 2.24) is 5.32 Å². The maximum Gasteiger partial charge on any atom is 0.337 e. The molecule has 2 amide bonds. The lowest BCUT2D eigenvalue weighted by Crippen LogP contribution is -2.33. The van der Waals surface area contributed by atoms with Crippen LogP contribution in [0.4, 0.5) is 5.69 Å². The van der Waals surface area contributed by atoms with Crippen LogP contribution in [-0.4, -0.2) is 38.0 Å². The van der Waals surface area contributed by atoms with Gasteiger partial charge in [-0.15, -0.1) is 0 Å². The first kappa shape index (κ1) is 17.0. The van der Waals surface area contributed by atoms with Gasteiger partial charge in [0.25, 0.3) is 0 Å². The molecule has 1 aromatic rings. The van der Waals surface area contributed by atoms with Crippen LogP contribution in [-0.2, 0) is 14.3 Å². The first-order valence-electron chi connectivity index (χ1n) is 7.83. The third kappa shape index (κ3) is 4.09. The monoisotopic (exact) mass is 318 g/mol. The lowest BCUT2D eigenvalue weighted by molar-refractivity contribution is -0.126. The van der Waals surface area contributed by atoms with Crippen molar-refractivity contribution in [3.05, 3.63) is 29.8 Å². The van der Waals surface area contributed by atoms with Crippen molar-refractivity contribution in [2.24, 2.45) is 5.92 Å². The highest BCUT2D eigenvalue weighted by Gasteiger charge is 2.34. The van der Waals surface area contributed by atoms with E-state index in [9.17, 15) is 14.4 Å². The van der Waals surface area contributed by atoms with Gasteiger partial charge in [-0.2, -0.15) is 0 Å². The van der Waals surface area contributed by atoms with E-state index in [1.165, 1.54) is 7.11 Å². The standard InChI is InChI=1S/C17H22N2O4/c1-3-4-9-18-16(21)13-10-15(20)19(11-13)14-7-5-12(6-8-14)17(22)23-2/h5-8,13H,3-4,9-11H2,1-2H3,(H,18,21). The fraction of sp³-hybridized carbons (Fsp3) is 0.471. The van der Waals surface area contributed by atoms with E-state index in [2.05, 4.69) is 17.0 Å². The minimum Gasteiger partial charge on any atom is -0.465 e. The molecule has 6 nitrogen and oxygen atoms in total. The number of anilines is 1. The molecule has 6 heteroatoms. The quantitative estimate of drug-likeness (QED) is 0.640. The van der Waals surface area contributed by atoms with Gasteiger partial charge in [0, 0.05) is 25.2 Å². The molecule has 1 N–H and O–H groups in total. The van der Waals surface area contributed by atoms with E-state index < -0.39 is 5.97 Å². The SMILES string of the molecule is CCCCNC(=O)C1CC(=O)N(c2ccc(C(=O)OC)cc2)C1. The molecule has 2 rings (SSSR count). The number of methoxy groups -OCH3 is 1. The second-order valence-corrected chi connectivity index (χ2v) is 5.59. The third-order valence-electron chi connectivity index (χ3n) is 3.93. The molecular formula is C17H22N2O4. The lowest BCUT2D eigenvalue weighted by Gasteiger charge is -2.17. The largest absolute Gasteiger partial charge is 0.465 e. The van der Waals surface area contributed by atoms with Crippen molar-refractivity contribution in [1.29, 1.82) is 0 Å². The second kappa shape index (κ2) is 7.76. The number of nitrogens with zero attached hydrogens (tertiary/aromatic N) is 1. The maximum atomic E-state index is 12.1. The summed E-state index contributed by atoms with van der Waals surface area (Å²) >= 11 is 0. The minimum absolute atomic E-state index is 0.0690. The van der Waals surface area contributed by atoms with E-state index in [1.807, 2.05) is 0 Å². The van der Waals surface area contributed by atoms with Crippen LogP contribution < -0.4 is 10.2 Å². The fourth-order valence-corrected chi connectivity index (χ4v) is 2.56. The van der Waals surface area contributed by atoms with Crippen LogP contribution in [0.25, 0.3) is 0 Å². The average Bonchev–Trinajstić information content (AvgIpc) is 2.96. The zero-order valence-electron chi connectivity index (χ0n) is 13.5. The Balaban J connectivity index is 2.00. The number of carbonyl (C=O) groups excluding carboxylic acids is 3. The summed E-state index contributed by atoms with van der Waals surface area (Å²) in [6.45, 7) is 3.08. The summed E-state index contributed by atoms with van der Waals surface area (Å²) in [6, 6.07) is 6.62. The molecule has 0 bridgehead atoms. The Kier molecular flexibility index (Phi) is 5.73. The highest BCUT2D eigenvalue weighted by molar-refractivity contribution is 6.00. The molecule has 0 radical (unpaired) electrons. The van der Waals surface area contributed by atoms with E-state index >= 15 is 0 Å². The zero-order valence-corrected chi connectivity index (χ0v) is 13.5. The van der Waals surface area contributed by atoms with E-state index in [4.69, 9.17) is 0 Å². The van der Waals surface area contributed by atoms with Gasteiger partial charge in [0.2, 0.25) is 11.8 Å². The molecule has 0 saturated carbocycles. The van der Waals surface area contributed by atoms with Crippen molar-refractivity contribution < 1.29 is 19.1 Å². The maximum absolute atomic E-state index is 12.1. The molecule has 1 aliphatic rings. The summed E-state index contributed by atoms with van der Waals surface area (Å²) in [5.41, 5.74) is 1.11. The summed E-state index contributed by atoms with van der Waals surface area (Å²) in [7, 11) is 1.32. The van der Waals surface area contributed by atoms with E-state index in [0.29, 0.717) is 24.3 Å². The fourth-order valence-electron chi connectivity index (χ4n) is 2.56. The summed E-state index contributed by atoms with van der Waals surface area (Å²) in [5.74, 6) is -0.885. The number of hydrogen-bond acceptors (Lipinski definition) is 4. The number of ether oxygens (including phenoxy) is 1. The van der Waals surface area contributed by atoms with Crippen LogP contribution in [0.15, 0.2) is 24.3 Å². The molecule has 1 fully saturated rings. The van der Waals surface area contributed by atoms with Crippen molar-refractivity contribution in [3.8, 4) is 0 Å². The van der Waals surface area contributed by atoms with Gasteiger partial charge in [0.15, 0.2) is 0 Å². The van der Waals surface area contributed by atoms with Gasteiger partial charge in [-0.25, -0.2) is 4.79 Å². The Labute approximate surface area is 135 Å². The molecule has 1 saturated heterocycles. The molecule has 0 spiro atoms. The van der Waals surface area contributed by atoms with Crippen LogP contribution in [0.2, 0.25) is 0 Å². The Bertz CT molecular complexity index is 583. The number of unbranched alkanes of at least 4 members (excludes halogenated alkanes) is 1. The van der Waals surface area contributed by atoms with Gasteiger partial charge in [-0.3, -0.25) is 9.59 Å². The topological polar surface area (TPSA) is 75.7 Å². The second-order valence-electron chi connectivity index (χ2n) is 5.59. The summed E-state index contributed by atoms with van der Waals surface area (Å²) in [5, 5.41) is 2.87. The van der Waals surface area contributed by atoms with E-state index in [0.717, 1.165) is 12.8 Å². The third-order valence-corrected chi connectivity index (χ3v) is 3.93. The Morgan fingerprint density at radius 2 is 2.00 bits per heavy atom. The number of esters is 1. The minimum atomic E-state index is -0.419. The molecule has 0 aromatic heterocycles. The van der Waals surface area contributed by atoms with Crippen molar-refractivity contribution in [2.45, 2.75) is 26.2 Å². The van der Waals surface area contributed by atoms with Gasteiger partial charge in [0.05, 0.1) is 18.6 Å². The Morgan fingerprint density at radius 1 is 1.30 bits per heavy atom. The first-order valence-corrected chi connectivity index (χ1v) is 7.83. The zero-order chi connectivity index (χ0) is 16.8. The molecule has 124 valence electrons. The van der Waals surface area contributed by atoms with Crippen LogP contribution in [0.5, 0.6) is 0 Å². The van der Waals surface area contributed by atoms with Gasteiger partial charge < -0.3 is 15.0 Å². The van der Waals surface area contributed by atoms with Gasteiger partial charge in [-0.1, -0.05) is 13.3 Å². The van der Waals surface area contributed by atoms with Crippen molar-refractivity contribution in [3.63, 3.8) is 0 Å². The highest BCUT2D eigenvalue weighted by atomic mass is 16.5. The lowest BCUT2D eigenvalue weighted by atomic mass is 10.1. The number of hydrogen-bond donors (Lipinski definition) is 1. The molecule has 0 aliphatic carbocycles. The number of carbonyl (C=O) groups is 3. The predicted octanol–water partition coefficient (Wildman–Crippen LogP) is 1.74. The highest BCUT2D eigenvalue weighted by Crippen LogP contribution is 2.25. The van der Waals surface area contributed by atoms with Crippen molar-refractivity contribution >= 4 is 23.5 Å². The van der Waals surface area contributed by atoms with E-state index in [-0.39, 0.29) is 24.2 Å². The van der Waals surface area contributed by atoms with Gasteiger partial charge in [-0.05, 0) is 30.7 Å². The van der Waals surface area contributed by atoms with Gasteiger partial charge in [0.1, 0.15) is 0 Å². The number of nitrogens with one attached hydrogen (secondary N) is 1. The van der Waals surface area contributed by atoms with Crippen molar-refractivity contribution in [2.75, 3.05) is 25.1 Å². The number of rotatable bonds is 6. The normalized spacial score (nSPS) is 17.2. The average molecular weight is 318 g/mol. The van der Waals surface area contributed by atoms with Gasteiger partial charge >= 0.3 is 5.97 Å². The number of benzene rings is 1. The number of amides is 2. The molecule has 23 heavy (non-hydrogen) atoms.